The van der Waals surface area contributed by atoms with Gasteiger partial charge in [0.25, 0.3) is 0 Å². The molecule has 1 atom stereocenters. The molecule has 1 aliphatic heterocycles. The predicted octanol–water partition coefficient (Wildman–Crippen LogP) is 2.43. The summed E-state index contributed by atoms with van der Waals surface area (Å²) in [7, 11) is 0. The van der Waals surface area contributed by atoms with E-state index in [4.69, 9.17) is 0 Å². The van der Waals surface area contributed by atoms with Gasteiger partial charge in [0.05, 0.1) is 5.41 Å². The molecule has 1 aromatic rings. The average molecular weight is 272 g/mol. The van der Waals surface area contributed by atoms with Crippen LogP contribution >= 0.6 is 0 Å². The third-order valence-electron chi connectivity index (χ3n) is 3.39. The molecule has 0 spiro atoms. The quantitative estimate of drug-likeness (QED) is 0.812. The van der Waals surface area contributed by atoms with E-state index in [-0.39, 0.29) is 11.6 Å². The summed E-state index contributed by atoms with van der Waals surface area (Å²) in [6.45, 7) is 3.14. The molecular formula is C13H15F3N2O. The SMILES string of the molecule is CC1(C(=O)Nc2cc(F)c(F)c(F)c2)CCCNC1. The van der Waals surface area contributed by atoms with Crippen LogP contribution in [0.3, 0.4) is 0 Å². The number of halogens is 3. The number of carbonyl (C=O) groups excluding carboxylic acids is 1. The number of carbonyl (C=O) groups is 1. The first-order chi connectivity index (χ1) is 8.92. The standard InChI is InChI=1S/C13H15F3N2O/c1-13(3-2-4-17-7-13)12(19)18-8-5-9(14)11(16)10(15)6-8/h5-6,17H,2-4,7H2,1H3,(H,18,19). The third kappa shape index (κ3) is 2.89. The van der Waals surface area contributed by atoms with Crippen LogP contribution in [-0.2, 0) is 4.79 Å². The molecular weight excluding hydrogens is 257 g/mol. The average Bonchev–Trinajstić information content (AvgIpc) is 2.36. The lowest BCUT2D eigenvalue weighted by Gasteiger charge is -2.32. The highest BCUT2D eigenvalue weighted by atomic mass is 19.2. The van der Waals surface area contributed by atoms with Crippen molar-refractivity contribution in [3.63, 3.8) is 0 Å². The van der Waals surface area contributed by atoms with E-state index in [1.165, 1.54) is 0 Å². The fraction of sp³-hybridized carbons (Fsp3) is 0.462. The van der Waals surface area contributed by atoms with E-state index >= 15 is 0 Å². The predicted molar refractivity (Wildman–Crippen MR) is 65.2 cm³/mol. The van der Waals surface area contributed by atoms with Crippen LogP contribution < -0.4 is 10.6 Å². The van der Waals surface area contributed by atoms with Crippen molar-refractivity contribution < 1.29 is 18.0 Å². The lowest BCUT2D eigenvalue weighted by molar-refractivity contribution is -0.125. The molecule has 1 heterocycles. The number of rotatable bonds is 2. The van der Waals surface area contributed by atoms with Gasteiger partial charge in [-0.25, -0.2) is 13.2 Å². The Bertz CT molecular complexity index is 476. The first kappa shape index (κ1) is 13.9. The van der Waals surface area contributed by atoms with E-state index in [1.54, 1.807) is 6.92 Å². The van der Waals surface area contributed by atoms with Gasteiger partial charge in [0, 0.05) is 24.4 Å². The summed E-state index contributed by atoms with van der Waals surface area (Å²) in [5.41, 5.74) is -0.701. The minimum atomic E-state index is -1.54. The topological polar surface area (TPSA) is 41.1 Å². The van der Waals surface area contributed by atoms with Crippen LogP contribution in [0, 0.1) is 22.9 Å². The zero-order chi connectivity index (χ0) is 14.0. The van der Waals surface area contributed by atoms with E-state index in [1.807, 2.05) is 0 Å². The van der Waals surface area contributed by atoms with E-state index in [0.29, 0.717) is 13.0 Å². The second kappa shape index (κ2) is 5.21. The first-order valence-corrected chi connectivity index (χ1v) is 6.09. The van der Waals surface area contributed by atoms with Crippen molar-refractivity contribution in [2.24, 2.45) is 5.41 Å². The molecule has 1 amide bonds. The summed E-state index contributed by atoms with van der Waals surface area (Å²) < 4.78 is 38.9. The number of hydrogen-bond acceptors (Lipinski definition) is 2. The van der Waals surface area contributed by atoms with Crippen molar-refractivity contribution in [1.82, 2.24) is 5.32 Å². The molecule has 0 saturated carbocycles. The highest BCUT2D eigenvalue weighted by Crippen LogP contribution is 2.27. The van der Waals surface area contributed by atoms with Crippen LogP contribution in [0.1, 0.15) is 19.8 Å². The monoisotopic (exact) mass is 272 g/mol. The molecule has 2 rings (SSSR count). The molecule has 0 aliphatic carbocycles. The maximum atomic E-state index is 13.0. The molecule has 104 valence electrons. The van der Waals surface area contributed by atoms with Crippen LogP contribution in [0.15, 0.2) is 12.1 Å². The Morgan fingerprint density at radius 1 is 1.32 bits per heavy atom. The molecule has 19 heavy (non-hydrogen) atoms. The number of anilines is 1. The zero-order valence-corrected chi connectivity index (χ0v) is 10.5. The molecule has 1 aromatic carbocycles. The second-order valence-corrected chi connectivity index (χ2v) is 5.05. The Morgan fingerprint density at radius 3 is 2.47 bits per heavy atom. The van der Waals surface area contributed by atoms with Gasteiger partial charge in [-0.15, -0.1) is 0 Å². The van der Waals surface area contributed by atoms with Crippen molar-refractivity contribution >= 4 is 11.6 Å². The van der Waals surface area contributed by atoms with Gasteiger partial charge >= 0.3 is 0 Å². The molecule has 3 nitrogen and oxygen atoms in total. The normalized spacial score (nSPS) is 23.2. The Morgan fingerprint density at radius 2 is 1.95 bits per heavy atom. The first-order valence-electron chi connectivity index (χ1n) is 6.09. The fourth-order valence-corrected chi connectivity index (χ4v) is 2.16. The number of amides is 1. The highest BCUT2D eigenvalue weighted by Gasteiger charge is 2.34. The van der Waals surface area contributed by atoms with Crippen LogP contribution in [0.2, 0.25) is 0 Å². The third-order valence-corrected chi connectivity index (χ3v) is 3.39. The summed E-state index contributed by atoms with van der Waals surface area (Å²) in [5.74, 6) is -4.50. The molecule has 6 heteroatoms. The van der Waals surface area contributed by atoms with E-state index in [9.17, 15) is 18.0 Å². The van der Waals surface area contributed by atoms with Gasteiger partial charge in [0.1, 0.15) is 0 Å². The fourth-order valence-electron chi connectivity index (χ4n) is 2.16. The molecule has 1 fully saturated rings. The highest BCUT2D eigenvalue weighted by molar-refractivity contribution is 5.95. The number of piperidine rings is 1. The summed E-state index contributed by atoms with van der Waals surface area (Å²) in [6.07, 6.45) is 1.55. The van der Waals surface area contributed by atoms with Crippen molar-refractivity contribution in [3.8, 4) is 0 Å². The summed E-state index contributed by atoms with van der Waals surface area (Å²) in [5, 5.41) is 5.54. The number of nitrogens with one attached hydrogen (secondary N) is 2. The summed E-state index contributed by atoms with van der Waals surface area (Å²) in [6, 6.07) is 1.55. The largest absolute Gasteiger partial charge is 0.325 e. The number of hydrogen-bond donors (Lipinski definition) is 2. The van der Waals surface area contributed by atoms with E-state index < -0.39 is 22.9 Å². The van der Waals surface area contributed by atoms with E-state index in [0.717, 1.165) is 25.1 Å². The molecule has 1 aliphatic rings. The summed E-state index contributed by atoms with van der Waals surface area (Å²) >= 11 is 0. The zero-order valence-electron chi connectivity index (χ0n) is 10.5. The van der Waals surface area contributed by atoms with Crippen LogP contribution in [0.25, 0.3) is 0 Å². The van der Waals surface area contributed by atoms with Gasteiger partial charge in [-0.3, -0.25) is 4.79 Å². The van der Waals surface area contributed by atoms with Crippen LogP contribution in [0.4, 0.5) is 18.9 Å². The van der Waals surface area contributed by atoms with Crippen molar-refractivity contribution in [2.75, 3.05) is 18.4 Å². The lowest BCUT2D eigenvalue weighted by Crippen LogP contribution is -2.46. The molecule has 0 radical (unpaired) electrons. The number of benzene rings is 1. The minimum absolute atomic E-state index is 0.0757. The van der Waals surface area contributed by atoms with Crippen molar-refractivity contribution in [1.29, 1.82) is 0 Å². The smallest absolute Gasteiger partial charge is 0.231 e. The Kier molecular flexibility index (Phi) is 3.80. The summed E-state index contributed by atoms with van der Waals surface area (Å²) in [4.78, 5) is 12.1. The van der Waals surface area contributed by atoms with Gasteiger partial charge in [0.2, 0.25) is 5.91 Å². The molecule has 0 aromatic heterocycles. The van der Waals surface area contributed by atoms with Crippen LogP contribution in [-0.4, -0.2) is 19.0 Å². The second-order valence-electron chi connectivity index (χ2n) is 5.05. The van der Waals surface area contributed by atoms with Crippen LogP contribution in [0.5, 0.6) is 0 Å². The Hall–Kier alpha value is -1.56. The maximum absolute atomic E-state index is 13.0. The van der Waals surface area contributed by atoms with Gasteiger partial charge < -0.3 is 10.6 Å². The van der Waals surface area contributed by atoms with Gasteiger partial charge in [-0.1, -0.05) is 0 Å². The van der Waals surface area contributed by atoms with Gasteiger partial charge in [-0.05, 0) is 26.3 Å². The van der Waals surface area contributed by atoms with E-state index in [2.05, 4.69) is 10.6 Å². The Balaban J connectivity index is 2.14. The Labute approximate surface area is 109 Å². The molecule has 1 saturated heterocycles. The minimum Gasteiger partial charge on any atom is -0.325 e. The molecule has 2 N–H and O–H groups in total. The lowest BCUT2D eigenvalue weighted by atomic mass is 9.82. The van der Waals surface area contributed by atoms with Gasteiger partial charge in [0.15, 0.2) is 17.5 Å². The molecule has 0 bridgehead atoms. The van der Waals surface area contributed by atoms with Gasteiger partial charge in [-0.2, -0.15) is 0 Å². The molecule has 1 unspecified atom stereocenters. The van der Waals surface area contributed by atoms with Crippen molar-refractivity contribution in [3.05, 3.63) is 29.6 Å². The van der Waals surface area contributed by atoms with Crippen molar-refractivity contribution in [2.45, 2.75) is 19.8 Å². The maximum Gasteiger partial charge on any atom is 0.231 e.